The first-order chi connectivity index (χ1) is 8.63. The topological polar surface area (TPSA) is 63.3 Å². The Balaban J connectivity index is -0.000000467. The molecule has 0 bridgehead atoms. The van der Waals surface area contributed by atoms with E-state index in [0.29, 0.717) is 0 Å². The third-order valence-electron chi connectivity index (χ3n) is 1.81. The van der Waals surface area contributed by atoms with Gasteiger partial charge in [0.15, 0.2) is 0 Å². The molecule has 0 saturated heterocycles. The van der Waals surface area contributed by atoms with Gasteiger partial charge in [0.1, 0.15) is 6.04 Å². The van der Waals surface area contributed by atoms with Gasteiger partial charge in [-0.2, -0.15) is 6.07 Å². The Morgan fingerprint density at radius 1 is 1.42 bits per heavy atom. The maximum absolute atomic E-state index is 10.5. The van der Waals surface area contributed by atoms with Crippen LogP contribution in [0.25, 0.3) is 6.08 Å². The minimum Gasteiger partial charge on any atom is -0.480 e. The summed E-state index contributed by atoms with van der Waals surface area (Å²) in [5.41, 5.74) is 6.86. The fraction of sp³-hybridized carbons (Fsp3) is 0.400. The second-order valence-electron chi connectivity index (χ2n) is 2.95. The van der Waals surface area contributed by atoms with Gasteiger partial charge >= 0.3 is 5.97 Å². The second kappa shape index (κ2) is 15.6. The monoisotopic (exact) mass is 338 g/mol. The standard InChI is InChI=1S/C11H11NO2.2C2H6.Y/c1-2-8-4-3-5-9(6-8)7-10(12)11(13)14;2*1-2;/h1-5,10H,7,12H2,(H,13,14);2*1-2H3;/q-2;;;/t10-;;;/m1.../s1. The van der Waals surface area contributed by atoms with Gasteiger partial charge in [0, 0.05) is 32.7 Å². The first-order valence-electron chi connectivity index (χ1n) is 6.18. The molecule has 0 aliphatic rings. The van der Waals surface area contributed by atoms with E-state index >= 15 is 0 Å². The molecule has 0 unspecified atom stereocenters. The Kier molecular flexibility index (Phi) is 19.3. The molecule has 4 heteroatoms. The number of carbonyl (C=O) groups is 1. The molecule has 1 atom stereocenters. The molecule has 0 heterocycles. The predicted octanol–water partition coefficient (Wildman–Crippen LogP) is 2.94. The smallest absolute Gasteiger partial charge is 0.320 e. The van der Waals surface area contributed by atoms with Crippen LogP contribution in [0.5, 0.6) is 0 Å². The van der Waals surface area contributed by atoms with E-state index in [2.05, 4.69) is 6.07 Å². The Morgan fingerprint density at radius 2 is 1.95 bits per heavy atom. The molecular weight excluding hydrogens is 315 g/mol. The van der Waals surface area contributed by atoms with Crippen molar-refractivity contribution >= 4 is 12.0 Å². The van der Waals surface area contributed by atoms with Crippen molar-refractivity contribution in [3.05, 3.63) is 42.0 Å². The van der Waals surface area contributed by atoms with Crippen molar-refractivity contribution in [2.45, 2.75) is 40.2 Å². The maximum Gasteiger partial charge on any atom is 0.320 e. The maximum atomic E-state index is 10.5. The summed E-state index contributed by atoms with van der Waals surface area (Å²) in [4.78, 5) is 10.5. The first-order valence-corrected chi connectivity index (χ1v) is 6.18. The first kappa shape index (κ1) is 23.6. The van der Waals surface area contributed by atoms with E-state index in [1.165, 1.54) is 6.08 Å². The van der Waals surface area contributed by atoms with Crippen molar-refractivity contribution in [2.24, 2.45) is 5.73 Å². The number of hydrogen-bond acceptors (Lipinski definition) is 2. The third kappa shape index (κ3) is 11.1. The van der Waals surface area contributed by atoms with Gasteiger partial charge in [-0.05, 0) is 6.42 Å². The Labute approximate surface area is 142 Å². The van der Waals surface area contributed by atoms with Crippen molar-refractivity contribution < 1.29 is 42.6 Å². The van der Waals surface area contributed by atoms with Crippen LogP contribution < -0.4 is 5.73 Å². The van der Waals surface area contributed by atoms with Crippen LogP contribution in [0, 0.1) is 12.6 Å². The summed E-state index contributed by atoms with van der Waals surface area (Å²) < 4.78 is 0. The Morgan fingerprint density at radius 3 is 2.37 bits per heavy atom. The van der Waals surface area contributed by atoms with Crippen molar-refractivity contribution in [3.8, 4) is 0 Å². The van der Waals surface area contributed by atoms with Gasteiger partial charge in [0.05, 0.1) is 0 Å². The summed E-state index contributed by atoms with van der Waals surface area (Å²) in [6.45, 7) is 13.3. The van der Waals surface area contributed by atoms with Gasteiger partial charge in [-0.15, -0.1) is 11.6 Å². The van der Waals surface area contributed by atoms with Crippen LogP contribution in [0.1, 0.15) is 38.8 Å². The van der Waals surface area contributed by atoms with E-state index in [9.17, 15) is 4.79 Å². The van der Waals surface area contributed by atoms with Crippen molar-refractivity contribution in [3.63, 3.8) is 0 Å². The number of hydrogen-bond donors (Lipinski definition) is 2. The van der Waals surface area contributed by atoms with E-state index in [-0.39, 0.29) is 39.1 Å². The van der Waals surface area contributed by atoms with E-state index in [0.717, 1.165) is 11.1 Å². The number of nitrogens with two attached hydrogens (primary N) is 1. The molecule has 1 radical (unpaired) electrons. The molecule has 0 aliphatic carbocycles. The molecular formula is C15H23NO2Y-2. The number of rotatable bonds is 4. The molecule has 1 aromatic rings. The van der Waals surface area contributed by atoms with Crippen molar-refractivity contribution in [1.82, 2.24) is 0 Å². The molecule has 0 aromatic heterocycles. The summed E-state index contributed by atoms with van der Waals surface area (Å²) in [7, 11) is 0. The largest absolute Gasteiger partial charge is 0.480 e. The van der Waals surface area contributed by atoms with E-state index < -0.39 is 12.0 Å². The average molecular weight is 338 g/mol. The van der Waals surface area contributed by atoms with Crippen LogP contribution in [0.2, 0.25) is 0 Å². The summed E-state index contributed by atoms with van der Waals surface area (Å²) >= 11 is 0. The molecule has 0 amide bonds. The predicted molar refractivity (Wildman–Crippen MR) is 76.1 cm³/mol. The number of benzene rings is 1. The zero-order valence-electron chi connectivity index (χ0n) is 12.2. The summed E-state index contributed by atoms with van der Waals surface area (Å²) in [6.07, 6.45) is 1.67. The van der Waals surface area contributed by atoms with Crippen LogP contribution >= 0.6 is 0 Å². The number of carboxylic acid groups (broad SMARTS) is 1. The van der Waals surface area contributed by atoms with E-state index in [1.54, 1.807) is 18.2 Å². The average Bonchev–Trinajstić information content (AvgIpc) is 2.43. The van der Waals surface area contributed by atoms with Gasteiger partial charge in [0.25, 0.3) is 0 Å². The van der Waals surface area contributed by atoms with E-state index in [4.69, 9.17) is 17.4 Å². The molecule has 3 N–H and O–H groups in total. The fourth-order valence-electron chi connectivity index (χ4n) is 1.08. The minimum atomic E-state index is -1.01. The van der Waals surface area contributed by atoms with Gasteiger partial charge in [-0.25, -0.2) is 12.1 Å². The second-order valence-corrected chi connectivity index (χ2v) is 2.95. The summed E-state index contributed by atoms with van der Waals surface area (Å²) in [5, 5.41) is 8.60. The fourth-order valence-corrected chi connectivity index (χ4v) is 1.08. The minimum absolute atomic E-state index is 0. The molecule has 1 rings (SSSR count). The quantitative estimate of drug-likeness (QED) is 0.830. The van der Waals surface area contributed by atoms with Crippen molar-refractivity contribution in [2.75, 3.05) is 0 Å². The number of aliphatic carboxylic acids is 1. The molecule has 19 heavy (non-hydrogen) atoms. The van der Waals surface area contributed by atoms with Crippen molar-refractivity contribution in [1.29, 1.82) is 0 Å². The zero-order chi connectivity index (χ0) is 14.6. The molecule has 0 saturated carbocycles. The molecule has 105 valence electrons. The van der Waals surface area contributed by atoms with Crippen LogP contribution in [0.15, 0.2) is 18.2 Å². The summed E-state index contributed by atoms with van der Waals surface area (Å²) in [5.74, 6) is -1.01. The molecule has 1 aromatic carbocycles. The normalized spacial score (nSPS) is 9.53. The zero-order valence-corrected chi connectivity index (χ0v) is 15.0. The molecule has 3 nitrogen and oxygen atoms in total. The number of carboxylic acids is 1. The van der Waals surface area contributed by atoms with Crippen LogP contribution in [0.4, 0.5) is 0 Å². The van der Waals surface area contributed by atoms with Gasteiger partial charge in [0.2, 0.25) is 0 Å². The molecule has 0 fully saturated rings. The summed E-state index contributed by atoms with van der Waals surface area (Å²) in [6, 6.07) is 7.42. The van der Waals surface area contributed by atoms with Crippen LogP contribution in [-0.2, 0) is 43.9 Å². The molecule has 0 aliphatic heterocycles. The van der Waals surface area contributed by atoms with E-state index in [1.807, 2.05) is 27.7 Å². The molecule has 0 spiro atoms. The Bertz CT molecular complexity index is 354. The van der Waals surface area contributed by atoms with Crippen LogP contribution in [-0.4, -0.2) is 17.1 Å². The van der Waals surface area contributed by atoms with Gasteiger partial charge in [-0.1, -0.05) is 27.7 Å². The van der Waals surface area contributed by atoms with Crippen LogP contribution in [0.3, 0.4) is 0 Å². The van der Waals surface area contributed by atoms with Gasteiger partial charge in [-0.3, -0.25) is 4.79 Å². The van der Waals surface area contributed by atoms with Gasteiger partial charge < -0.3 is 29.1 Å². The Hall–Kier alpha value is -0.506. The third-order valence-corrected chi connectivity index (χ3v) is 1.81. The SMILES string of the molecule is CC.CC.[CH-]=Cc1[c-]c(C[C@@H](N)C(=O)O)ccc1.[Y].